The van der Waals surface area contributed by atoms with Crippen LogP contribution in [-0.4, -0.2) is 20.8 Å². The van der Waals surface area contributed by atoms with Crippen LogP contribution in [0.1, 0.15) is 42.7 Å². The number of rotatable bonds is 6. The topological polar surface area (TPSA) is 56.7 Å². The first-order valence-electron chi connectivity index (χ1n) is 6.79. The number of aromatic nitrogens is 3. The molecule has 0 saturated carbocycles. The van der Waals surface area contributed by atoms with Gasteiger partial charge in [0.2, 0.25) is 0 Å². The fraction of sp³-hybridized carbons (Fsp3) is 0.571. The van der Waals surface area contributed by atoms with E-state index in [0.29, 0.717) is 6.04 Å². The zero-order valence-corrected chi connectivity index (χ0v) is 12.7. The molecular formula is C14H22N4S. The maximum Gasteiger partial charge on any atom is 0.0897 e. The Morgan fingerprint density at radius 3 is 2.74 bits per heavy atom. The molecule has 4 nitrogen and oxygen atoms in total. The van der Waals surface area contributed by atoms with Gasteiger partial charge in [0.05, 0.1) is 16.4 Å². The van der Waals surface area contributed by atoms with Crippen LogP contribution >= 0.6 is 11.3 Å². The third-order valence-corrected chi connectivity index (χ3v) is 4.14. The van der Waals surface area contributed by atoms with E-state index in [0.717, 1.165) is 35.7 Å². The van der Waals surface area contributed by atoms with Crippen molar-refractivity contribution >= 4 is 11.3 Å². The van der Waals surface area contributed by atoms with Gasteiger partial charge in [-0.15, -0.1) is 11.3 Å². The first kappa shape index (κ1) is 14.2. The van der Waals surface area contributed by atoms with Crippen LogP contribution in [0.5, 0.6) is 0 Å². The highest BCUT2D eigenvalue weighted by atomic mass is 32.1. The summed E-state index contributed by atoms with van der Waals surface area (Å²) in [5, 5.41) is 7.78. The number of thiazole rings is 1. The molecule has 5 heteroatoms. The Bertz CT molecular complexity index is 517. The van der Waals surface area contributed by atoms with Gasteiger partial charge in [0.15, 0.2) is 0 Å². The third-order valence-electron chi connectivity index (χ3n) is 3.32. The molecule has 0 spiro atoms. The number of nitrogens with zero attached hydrogens (tertiary/aromatic N) is 3. The van der Waals surface area contributed by atoms with Crippen LogP contribution in [0.4, 0.5) is 0 Å². The molecule has 104 valence electrons. The van der Waals surface area contributed by atoms with Gasteiger partial charge in [0, 0.05) is 36.5 Å². The highest BCUT2D eigenvalue weighted by Gasteiger charge is 2.11. The van der Waals surface area contributed by atoms with Crippen molar-refractivity contribution in [2.24, 2.45) is 5.73 Å². The predicted molar refractivity (Wildman–Crippen MR) is 79.5 cm³/mol. The summed E-state index contributed by atoms with van der Waals surface area (Å²) < 4.78 is 2.02. The van der Waals surface area contributed by atoms with Gasteiger partial charge in [-0.3, -0.25) is 4.68 Å². The molecule has 2 aromatic heterocycles. The van der Waals surface area contributed by atoms with Crippen LogP contribution in [-0.2, 0) is 12.8 Å². The van der Waals surface area contributed by atoms with Gasteiger partial charge >= 0.3 is 0 Å². The Morgan fingerprint density at radius 2 is 2.11 bits per heavy atom. The Morgan fingerprint density at radius 1 is 1.37 bits per heavy atom. The van der Waals surface area contributed by atoms with Crippen LogP contribution in [0, 0.1) is 6.92 Å². The molecule has 0 bridgehead atoms. The third kappa shape index (κ3) is 3.88. The van der Waals surface area contributed by atoms with E-state index in [1.807, 2.05) is 17.8 Å². The number of aryl methyl sites for hydroxylation is 1. The van der Waals surface area contributed by atoms with Gasteiger partial charge in [-0.05, 0) is 26.3 Å². The van der Waals surface area contributed by atoms with Crippen molar-refractivity contribution < 1.29 is 0 Å². The zero-order chi connectivity index (χ0) is 13.8. The highest BCUT2D eigenvalue weighted by Crippen LogP contribution is 2.13. The molecule has 0 radical (unpaired) electrons. The van der Waals surface area contributed by atoms with Crippen molar-refractivity contribution in [3.05, 3.63) is 34.0 Å². The molecular weight excluding hydrogens is 256 g/mol. The van der Waals surface area contributed by atoms with E-state index in [4.69, 9.17) is 5.73 Å². The lowest BCUT2D eigenvalue weighted by atomic mass is 10.1. The largest absolute Gasteiger partial charge is 0.327 e. The molecule has 2 rings (SSSR count). The average molecular weight is 278 g/mol. The minimum absolute atomic E-state index is 0.0850. The van der Waals surface area contributed by atoms with Crippen molar-refractivity contribution in [2.75, 3.05) is 0 Å². The molecule has 2 atom stereocenters. The van der Waals surface area contributed by atoms with Crippen molar-refractivity contribution in [1.82, 2.24) is 14.8 Å². The van der Waals surface area contributed by atoms with E-state index >= 15 is 0 Å². The summed E-state index contributed by atoms with van der Waals surface area (Å²) in [7, 11) is 0. The summed E-state index contributed by atoms with van der Waals surface area (Å²) in [5.74, 6) is 0. The summed E-state index contributed by atoms with van der Waals surface area (Å²) in [6, 6.07) is 2.60. The molecule has 19 heavy (non-hydrogen) atoms. The van der Waals surface area contributed by atoms with E-state index in [-0.39, 0.29) is 6.04 Å². The summed E-state index contributed by atoms with van der Waals surface area (Å²) in [4.78, 5) is 4.45. The summed E-state index contributed by atoms with van der Waals surface area (Å²) >= 11 is 1.68. The second-order valence-corrected chi connectivity index (χ2v) is 6.13. The second kappa shape index (κ2) is 6.30. The Hall–Kier alpha value is -1.20. The first-order chi connectivity index (χ1) is 9.08. The molecule has 0 aliphatic rings. The maximum absolute atomic E-state index is 6.18. The molecule has 2 aromatic rings. The predicted octanol–water partition coefficient (Wildman–Crippen LogP) is 2.73. The lowest BCUT2D eigenvalue weighted by Gasteiger charge is -2.10. The molecule has 0 aliphatic carbocycles. The average Bonchev–Trinajstić information content (AvgIpc) is 2.98. The molecule has 2 heterocycles. The van der Waals surface area contributed by atoms with E-state index in [9.17, 15) is 0 Å². The van der Waals surface area contributed by atoms with Crippen LogP contribution in [0.3, 0.4) is 0 Å². The number of hydrogen-bond donors (Lipinski definition) is 1. The Balaban J connectivity index is 1.91. The maximum atomic E-state index is 6.18. The molecule has 0 aromatic carbocycles. The normalized spacial score (nSPS) is 14.5. The van der Waals surface area contributed by atoms with E-state index < -0.39 is 0 Å². The lowest BCUT2D eigenvalue weighted by Crippen LogP contribution is -2.26. The van der Waals surface area contributed by atoms with Gasteiger partial charge in [-0.25, -0.2) is 4.98 Å². The first-order valence-corrected chi connectivity index (χ1v) is 7.67. The standard InChI is InChI=1S/C14H22N4S/c1-4-10(2)18-6-5-13(17-18)7-12(15)8-14-9-19-11(3)16-14/h5-6,9-10,12H,4,7-8,15H2,1-3H3. The lowest BCUT2D eigenvalue weighted by molar-refractivity contribution is 0.471. The fourth-order valence-corrected chi connectivity index (χ4v) is 2.66. The summed E-state index contributed by atoms with van der Waals surface area (Å²) in [6.45, 7) is 6.37. The molecule has 0 amide bonds. The van der Waals surface area contributed by atoms with E-state index in [1.54, 1.807) is 11.3 Å². The van der Waals surface area contributed by atoms with E-state index in [1.165, 1.54) is 0 Å². The highest BCUT2D eigenvalue weighted by molar-refractivity contribution is 7.09. The van der Waals surface area contributed by atoms with E-state index in [2.05, 4.69) is 35.4 Å². The minimum Gasteiger partial charge on any atom is -0.327 e. The zero-order valence-electron chi connectivity index (χ0n) is 11.8. The van der Waals surface area contributed by atoms with Crippen LogP contribution < -0.4 is 5.73 Å². The van der Waals surface area contributed by atoms with Crippen molar-refractivity contribution in [1.29, 1.82) is 0 Å². The summed E-state index contributed by atoms with van der Waals surface area (Å²) in [6.07, 6.45) is 4.76. The summed E-state index contributed by atoms with van der Waals surface area (Å²) in [5.41, 5.74) is 8.34. The van der Waals surface area contributed by atoms with Crippen LogP contribution in [0.25, 0.3) is 0 Å². The van der Waals surface area contributed by atoms with Crippen molar-refractivity contribution in [3.8, 4) is 0 Å². The molecule has 0 saturated heterocycles. The Labute approximate surface area is 118 Å². The monoisotopic (exact) mass is 278 g/mol. The van der Waals surface area contributed by atoms with Crippen molar-refractivity contribution in [2.45, 2.75) is 52.1 Å². The van der Waals surface area contributed by atoms with Gasteiger partial charge in [-0.2, -0.15) is 5.10 Å². The number of hydrogen-bond acceptors (Lipinski definition) is 4. The fourth-order valence-electron chi connectivity index (χ4n) is 2.03. The smallest absolute Gasteiger partial charge is 0.0897 e. The van der Waals surface area contributed by atoms with Crippen LogP contribution in [0.2, 0.25) is 0 Å². The molecule has 0 fully saturated rings. The minimum atomic E-state index is 0.0850. The molecule has 2 N–H and O–H groups in total. The van der Waals surface area contributed by atoms with Crippen molar-refractivity contribution in [3.63, 3.8) is 0 Å². The SMILES string of the molecule is CCC(C)n1ccc(CC(N)Cc2csc(C)n2)n1. The Kier molecular flexibility index (Phi) is 4.71. The molecule has 2 unspecified atom stereocenters. The van der Waals surface area contributed by atoms with Gasteiger partial charge < -0.3 is 5.73 Å². The van der Waals surface area contributed by atoms with Gasteiger partial charge in [0.25, 0.3) is 0 Å². The quantitative estimate of drug-likeness (QED) is 0.884. The van der Waals surface area contributed by atoms with Crippen LogP contribution in [0.15, 0.2) is 17.6 Å². The number of nitrogens with two attached hydrogens (primary N) is 1. The van der Waals surface area contributed by atoms with Gasteiger partial charge in [0.1, 0.15) is 0 Å². The van der Waals surface area contributed by atoms with Gasteiger partial charge in [-0.1, -0.05) is 6.92 Å². The second-order valence-electron chi connectivity index (χ2n) is 5.07. The molecule has 0 aliphatic heterocycles.